The van der Waals surface area contributed by atoms with Crippen LogP contribution >= 0.6 is 0 Å². The minimum absolute atomic E-state index is 0.272. The van der Waals surface area contributed by atoms with Gasteiger partial charge in [-0.25, -0.2) is 4.79 Å². The zero-order valence-corrected chi connectivity index (χ0v) is 10.9. The summed E-state index contributed by atoms with van der Waals surface area (Å²) >= 11 is 0. The topological polar surface area (TPSA) is 76.1 Å². The van der Waals surface area contributed by atoms with E-state index in [1.807, 2.05) is 30.3 Å². The SMILES string of the molecule is N#CCOC(=O)c1ccc2noc(-c3ccccc3)c2c1. The Balaban J connectivity index is 2.05. The van der Waals surface area contributed by atoms with Gasteiger partial charge in [-0.3, -0.25) is 0 Å². The van der Waals surface area contributed by atoms with Gasteiger partial charge >= 0.3 is 5.97 Å². The van der Waals surface area contributed by atoms with Crippen molar-refractivity contribution in [1.82, 2.24) is 5.16 Å². The van der Waals surface area contributed by atoms with E-state index >= 15 is 0 Å². The van der Waals surface area contributed by atoms with Crippen LogP contribution in [0.25, 0.3) is 22.2 Å². The van der Waals surface area contributed by atoms with Crippen LogP contribution in [0.2, 0.25) is 0 Å². The van der Waals surface area contributed by atoms with Gasteiger partial charge in [-0.2, -0.15) is 5.26 Å². The van der Waals surface area contributed by atoms with Crippen LogP contribution in [0, 0.1) is 11.3 Å². The maximum Gasteiger partial charge on any atom is 0.339 e. The number of hydrogen-bond donors (Lipinski definition) is 0. The quantitative estimate of drug-likeness (QED) is 0.688. The van der Waals surface area contributed by atoms with Crippen LogP contribution < -0.4 is 0 Å². The summed E-state index contributed by atoms with van der Waals surface area (Å²) in [5.41, 5.74) is 1.89. The number of esters is 1. The smallest absolute Gasteiger partial charge is 0.339 e. The number of hydrogen-bond acceptors (Lipinski definition) is 5. The van der Waals surface area contributed by atoms with E-state index in [1.165, 1.54) is 0 Å². The largest absolute Gasteiger partial charge is 0.447 e. The second-order valence-electron chi connectivity index (χ2n) is 4.34. The summed E-state index contributed by atoms with van der Waals surface area (Å²) in [5, 5.41) is 13.1. The van der Waals surface area contributed by atoms with Crippen molar-refractivity contribution in [2.24, 2.45) is 0 Å². The van der Waals surface area contributed by atoms with E-state index in [4.69, 9.17) is 14.5 Å². The molecule has 0 atom stereocenters. The molecule has 0 unspecified atom stereocenters. The van der Waals surface area contributed by atoms with Crippen molar-refractivity contribution in [3.05, 3.63) is 54.1 Å². The van der Waals surface area contributed by atoms with E-state index in [0.29, 0.717) is 16.8 Å². The average molecular weight is 278 g/mol. The first kappa shape index (κ1) is 12.9. The molecule has 3 aromatic rings. The summed E-state index contributed by atoms with van der Waals surface area (Å²) in [5.74, 6) is 0.0548. The molecule has 0 bridgehead atoms. The molecule has 0 saturated heterocycles. The predicted octanol–water partition coefficient (Wildman–Crippen LogP) is 3.18. The second kappa shape index (κ2) is 5.47. The Morgan fingerprint density at radius 3 is 2.81 bits per heavy atom. The van der Waals surface area contributed by atoms with Gasteiger partial charge in [0.25, 0.3) is 0 Å². The van der Waals surface area contributed by atoms with E-state index in [2.05, 4.69) is 5.16 Å². The lowest BCUT2D eigenvalue weighted by atomic mass is 10.1. The zero-order chi connectivity index (χ0) is 14.7. The van der Waals surface area contributed by atoms with Gasteiger partial charge in [-0.1, -0.05) is 35.5 Å². The van der Waals surface area contributed by atoms with Crippen molar-refractivity contribution in [3.63, 3.8) is 0 Å². The van der Waals surface area contributed by atoms with Crippen molar-refractivity contribution < 1.29 is 14.1 Å². The highest BCUT2D eigenvalue weighted by atomic mass is 16.5. The minimum atomic E-state index is -0.543. The summed E-state index contributed by atoms with van der Waals surface area (Å²) in [6, 6.07) is 16.2. The van der Waals surface area contributed by atoms with Gasteiger partial charge in [0.1, 0.15) is 11.6 Å². The molecule has 0 amide bonds. The Bertz CT molecular complexity index is 832. The van der Waals surface area contributed by atoms with E-state index in [0.717, 1.165) is 10.9 Å². The summed E-state index contributed by atoms with van der Waals surface area (Å²) < 4.78 is 10.2. The maximum absolute atomic E-state index is 11.8. The van der Waals surface area contributed by atoms with Gasteiger partial charge in [-0.05, 0) is 18.2 Å². The van der Waals surface area contributed by atoms with Gasteiger partial charge in [0.15, 0.2) is 12.4 Å². The van der Waals surface area contributed by atoms with Crippen molar-refractivity contribution >= 4 is 16.9 Å². The van der Waals surface area contributed by atoms with Crippen LogP contribution in [0.1, 0.15) is 10.4 Å². The lowest BCUT2D eigenvalue weighted by Gasteiger charge is -2.01. The van der Waals surface area contributed by atoms with Crippen molar-refractivity contribution in [2.45, 2.75) is 0 Å². The molecule has 2 aromatic carbocycles. The predicted molar refractivity (Wildman–Crippen MR) is 75.3 cm³/mol. The molecule has 0 radical (unpaired) electrons. The molecule has 3 rings (SSSR count). The Morgan fingerprint density at radius 2 is 2.05 bits per heavy atom. The molecule has 0 saturated carbocycles. The van der Waals surface area contributed by atoms with Crippen molar-refractivity contribution in [2.75, 3.05) is 6.61 Å². The normalized spacial score (nSPS) is 10.2. The van der Waals surface area contributed by atoms with Gasteiger partial charge in [0.05, 0.1) is 10.9 Å². The number of carbonyl (C=O) groups is 1. The van der Waals surface area contributed by atoms with Gasteiger partial charge < -0.3 is 9.26 Å². The lowest BCUT2D eigenvalue weighted by molar-refractivity contribution is 0.0555. The van der Waals surface area contributed by atoms with E-state index < -0.39 is 5.97 Å². The molecule has 0 aliphatic heterocycles. The summed E-state index contributed by atoms with van der Waals surface area (Å²) in [6.07, 6.45) is 0. The van der Waals surface area contributed by atoms with Crippen LogP contribution in [-0.4, -0.2) is 17.7 Å². The zero-order valence-electron chi connectivity index (χ0n) is 10.9. The van der Waals surface area contributed by atoms with Crippen LogP contribution in [0.15, 0.2) is 53.1 Å². The number of nitriles is 1. The molecule has 5 nitrogen and oxygen atoms in total. The highest BCUT2D eigenvalue weighted by molar-refractivity contribution is 5.98. The van der Waals surface area contributed by atoms with Crippen LogP contribution in [0.3, 0.4) is 0 Å². The number of fused-ring (bicyclic) bond motifs is 1. The molecule has 21 heavy (non-hydrogen) atoms. The number of nitrogens with zero attached hydrogens (tertiary/aromatic N) is 2. The highest BCUT2D eigenvalue weighted by Gasteiger charge is 2.14. The first-order chi connectivity index (χ1) is 10.3. The number of carbonyl (C=O) groups excluding carboxylic acids is 1. The molecule has 5 heteroatoms. The number of rotatable bonds is 3. The Kier molecular flexibility index (Phi) is 3.36. The number of aromatic nitrogens is 1. The van der Waals surface area contributed by atoms with Gasteiger partial charge in [0, 0.05) is 5.56 Å². The molecule has 0 aliphatic rings. The molecule has 0 fully saturated rings. The van der Waals surface area contributed by atoms with Crippen LogP contribution in [-0.2, 0) is 4.74 Å². The monoisotopic (exact) mass is 278 g/mol. The minimum Gasteiger partial charge on any atom is -0.447 e. The molecule has 0 aliphatic carbocycles. The molecular formula is C16H10N2O3. The molecule has 1 aromatic heterocycles. The van der Waals surface area contributed by atoms with Gasteiger partial charge in [-0.15, -0.1) is 0 Å². The average Bonchev–Trinajstić information content (AvgIpc) is 2.96. The molecule has 1 heterocycles. The third-order valence-corrected chi connectivity index (χ3v) is 3.02. The summed E-state index contributed by atoms with van der Waals surface area (Å²) in [6.45, 7) is -0.272. The molecule has 0 N–H and O–H groups in total. The highest BCUT2D eigenvalue weighted by Crippen LogP contribution is 2.29. The van der Waals surface area contributed by atoms with E-state index in [-0.39, 0.29) is 6.61 Å². The van der Waals surface area contributed by atoms with Crippen LogP contribution in [0.4, 0.5) is 0 Å². The van der Waals surface area contributed by atoms with Crippen molar-refractivity contribution in [1.29, 1.82) is 5.26 Å². The fourth-order valence-electron chi connectivity index (χ4n) is 2.05. The summed E-state index contributed by atoms with van der Waals surface area (Å²) in [4.78, 5) is 11.8. The fourth-order valence-corrected chi connectivity index (χ4v) is 2.05. The van der Waals surface area contributed by atoms with Crippen LogP contribution in [0.5, 0.6) is 0 Å². The Hall–Kier alpha value is -3.13. The Labute approximate surface area is 120 Å². The van der Waals surface area contributed by atoms with E-state index in [9.17, 15) is 4.79 Å². The third-order valence-electron chi connectivity index (χ3n) is 3.02. The first-order valence-corrected chi connectivity index (χ1v) is 6.28. The number of ether oxygens (including phenoxy) is 1. The third kappa shape index (κ3) is 2.47. The number of benzene rings is 2. The fraction of sp³-hybridized carbons (Fsp3) is 0.0625. The van der Waals surface area contributed by atoms with E-state index in [1.54, 1.807) is 24.3 Å². The Morgan fingerprint density at radius 1 is 1.24 bits per heavy atom. The standard InChI is InChI=1S/C16H10N2O3/c17-8-9-20-16(19)12-6-7-14-13(10-12)15(21-18-14)11-4-2-1-3-5-11/h1-7,10H,9H2. The maximum atomic E-state index is 11.8. The van der Waals surface area contributed by atoms with Crippen molar-refractivity contribution in [3.8, 4) is 17.4 Å². The van der Waals surface area contributed by atoms with Gasteiger partial charge in [0.2, 0.25) is 0 Å². The molecule has 0 spiro atoms. The molecule has 102 valence electrons. The lowest BCUT2D eigenvalue weighted by Crippen LogP contribution is -2.04. The molecular weight excluding hydrogens is 268 g/mol. The first-order valence-electron chi connectivity index (χ1n) is 6.28. The second-order valence-corrected chi connectivity index (χ2v) is 4.34. The summed E-state index contributed by atoms with van der Waals surface area (Å²) in [7, 11) is 0.